The summed E-state index contributed by atoms with van der Waals surface area (Å²) in [5, 5.41) is 7.12. The van der Waals surface area contributed by atoms with Crippen LogP contribution in [0.1, 0.15) is 34.1 Å². The number of carbonyl (C=O) groups is 2. The zero-order valence-corrected chi connectivity index (χ0v) is 17.6. The van der Waals surface area contributed by atoms with Crippen LogP contribution in [0, 0.1) is 0 Å². The smallest absolute Gasteiger partial charge is 0.343 e. The van der Waals surface area contributed by atoms with Crippen molar-refractivity contribution in [2.45, 2.75) is 13.3 Å². The molecule has 0 spiro atoms. The van der Waals surface area contributed by atoms with E-state index in [0.29, 0.717) is 17.8 Å². The molecule has 2 heterocycles. The first-order chi connectivity index (χ1) is 14.5. The minimum atomic E-state index is -0.506. The Kier molecular flexibility index (Phi) is 7.42. The Balaban J connectivity index is 1.50. The third-order valence-electron chi connectivity index (χ3n) is 5.21. The molecule has 0 bridgehead atoms. The Morgan fingerprint density at radius 3 is 2.53 bits per heavy atom. The van der Waals surface area contributed by atoms with Crippen molar-refractivity contribution in [1.29, 1.82) is 0 Å². The van der Waals surface area contributed by atoms with Gasteiger partial charge in [0.15, 0.2) is 0 Å². The van der Waals surface area contributed by atoms with Gasteiger partial charge in [0.1, 0.15) is 11.4 Å². The summed E-state index contributed by atoms with van der Waals surface area (Å²) in [6, 6.07) is 6.93. The number of aromatic nitrogens is 2. The first-order valence-electron chi connectivity index (χ1n) is 10.3. The van der Waals surface area contributed by atoms with Crippen LogP contribution in [0.3, 0.4) is 0 Å². The molecule has 30 heavy (non-hydrogen) atoms. The standard InChI is InChI=1S/C21H30N6O3/c1-3-30-21(29)18-15-24-27(19(18)22)17-7-5-16(6-8-17)20(28)23-9-4-10-26-13-11-25(2)12-14-26/h5-8,15H,3-4,9-14,22H2,1-2H3,(H,23,28). The minimum Gasteiger partial charge on any atom is -0.462 e. The van der Waals surface area contributed by atoms with Crippen LogP contribution in [-0.4, -0.2) is 84.4 Å². The number of amides is 1. The molecule has 0 atom stereocenters. The maximum absolute atomic E-state index is 12.4. The number of anilines is 1. The van der Waals surface area contributed by atoms with E-state index in [4.69, 9.17) is 10.5 Å². The summed E-state index contributed by atoms with van der Waals surface area (Å²) in [7, 11) is 2.14. The van der Waals surface area contributed by atoms with Gasteiger partial charge in [-0.05, 0) is 51.2 Å². The third kappa shape index (κ3) is 5.37. The molecule has 0 saturated carbocycles. The molecule has 1 aliphatic heterocycles. The maximum Gasteiger partial charge on any atom is 0.343 e. The van der Waals surface area contributed by atoms with Gasteiger partial charge in [0.25, 0.3) is 5.91 Å². The summed E-state index contributed by atoms with van der Waals surface area (Å²) in [6.07, 6.45) is 2.31. The number of nitrogens with two attached hydrogens (primary N) is 1. The van der Waals surface area contributed by atoms with Gasteiger partial charge in [-0.15, -0.1) is 0 Å². The highest BCUT2D eigenvalue weighted by molar-refractivity contribution is 5.95. The van der Waals surface area contributed by atoms with Crippen molar-refractivity contribution in [2.75, 3.05) is 58.7 Å². The molecule has 1 aromatic carbocycles. The average molecular weight is 415 g/mol. The fourth-order valence-corrected chi connectivity index (χ4v) is 3.36. The SMILES string of the molecule is CCOC(=O)c1cnn(-c2ccc(C(=O)NCCCN3CCN(C)CC3)cc2)c1N. The topological polar surface area (TPSA) is 106 Å². The van der Waals surface area contributed by atoms with E-state index in [2.05, 4.69) is 27.3 Å². The fraction of sp³-hybridized carbons (Fsp3) is 0.476. The lowest BCUT2D eigenvalue weighted by Gasteiger charge is -2.32. The predicted octanol–water partition coefficient (Wildman–Crippen LogP) is 0.999. The molecule has 3 rings (SSSR count). The van der Waals surface area contributed by atoms with Crippen LogP contribution in [0.25, 0.3) is 5.69 Å². The Morgan fingerprint density at radius 1 is 1.17 bits per heavy atom. The van der Waals surface area contributed by atoms with Crippen LogP contribution in [-0.2, 0) is 4.74 Å². The highest BCUT2D eigenvalue weighted by Crippen LogP contribution is 2.18. The summed E-state index contributed by atoms with van der Waals surface area (Å²) in [5.74, 6) is -0.413. The molecule has 162 valence electrons. The number of hydrogen-bond acceptors (Lipinski definition) is 7. The molecule has 2 aromatic rings. The van der Waals surface area contributed by atoms with E-state index in [1.165, 1.54) is 10.9 Å². The molecule has 0 aliphatic carbocycles. The molecular weight excluding hydrogens is 384 g/mol. The van der Waals surface area contributed by atoms with Gasteiger partial charge in [0.2, 0.25) is 0 Å². The third-order valence-corrected chi connectivity index (χ3v) is 5.21. The number of nitrogens with zero attached hydrogens (tertiary/aromatic N) is 4. The van der Waals surface area contributed by atoms with E-state index in [-0.39, 0.29) is 23.9 Å². The van der Waals surface area contributed by atoms with Gasteiger partial charge in [0.05, 0.1) is 18.5 Å². The summed E-state index contributed by atoms with van der Waals surface area (Å²) >= 11 is 0. The number of carbonyl (C=O) groups excluding carboxylic acids is 2. The fourth-order valence-electron chi connectivity index (χ4n) is 3.36. The lowest BCUT2D eigenvalue weighted by Crippen LogP contribution is -2.45. The van der Waals surface area contributed by atoms with Crippen molar-refractivity contribution in [1.82, 2.24) is 24.9 Å². The van der Waals surface area contributed by atoms with Crippen molar-refractivity contribution in [3.63, 3.8) is 0 Å². The van der Waals surface area contributed by atoms with Crippen molar-refractivity contribution < 1.29 is 14.3 Å². The molecule has 3 N–H and O–H groups in total. The summed E-state index contributed by atoms with van der Waals surface area (Å²) < 4.78 is 6.42. The minimum absolute atomic E-state index is 0.111. The van der Waals surface area contributed by atoms with Crippen LogP contribution < -0.4 is 11.1 Å². The highest BCUT2D eigenvalue weighted by Gasteiger charge is 2.17. The van der Waals surface area contributed by atoms with Gasteiger partial charge < -0.3 is 25.6 Å². The van der Waals surface area contributed by atoms with Crippen LogP contribution >= 0.6 is 0 Å². The molecule has 0 radical (unpaired) electrons. The van der Waals surface area contributed by atoms with E-state index in [1.807, 2.05) is 0 Å². The second kappa shape index (κ2) is 10.2. The number of nitrogens with one attached hydrogen (secondary N) is 1. The first-order valence-corrected chi connectivity index (χ1v) is 10.3. The molecule has 1 aliphatic rings. The molecule has 9 heteroatoms. The molecule has 1 aromatic heterocycles. The monoisotopic (exact) mass is 414 g/mol. The van der Waals surface area contributed by atoms with Crippen LogP contribution in [0.5, 0.6) is 0 Å². The number of esters is 1. The number of nitrogen functional groups attached to an aromatic ring is 1. The number of likely N-dealkylation sites (N-methyl/N-ethyl adjacent to an activating group) is 1. The number of ether oxygens (including phenoxy) is 1. The second-order valence-corrected chi connectivity index (χ2v) is 7.38. The van der Waals surface area contributed by atoms with E-state index < -0.39 is 5.97 Å². The molecule has 1 amide bonds. The van der Waals surface area contributed by atoms with Gasteiger partial charge >= 0.3 is 5.97 Å². The lowest BCUT2D eigenvalue weighted by atomic mass is 10.2. The zero-order valence-electron chi connectivity index (χ0n) is 17.6. The summed E-state index contributed by atoms with van der Waals surface area (Å²) in [6.45, 7) is 8.00. The van der Waals surface area contributed by atoms with Crippen LogP contribution in [0.4, 0.5) is 5.82 Å². The number of piperazine rings is 1. The van der Waals surface area contributed by atoms with Crippen molar-refractivity contribution in [3.8, 4) is 5.69 Å². The van der Waals surface area contributed by atoms with Crippen molar-refractivity contribution >= 4 is 17.7 Å². The van der Waals surface area contributed by atoms with E-state index in [0.717, 1.165) is 39.1 Å². The second-order valence-electron chi connectivity index (χ2n) is 7.38. The summed E-state index contributed by atoms with van der Waals surface area (Å²) in [4.78, 5) is 29.0. The van der Waals surface area contributed by atoms with Gasteiger partial charge in [-0.1, -0.05) is 0 Å². The van der Waals surface area contributed by atoms with Crippen molar-refractivity contribution in [3.05, 3.63) is 41.6 Å². The highest BCUT2D eigenvalue weighted by atomic mass is 16.5. The van der Waals surface area contributed by atoms with Gasteiger partial charge in [-0.3, -0.25) is 4.79 Å². The molecule has 0 unspecified atom stereocenters. The number of hydrogen-bond donors (Lipinski definition) is 2. The summed E-state index contributed by atoms with van der Waals surface area (Å²) in [5.41, 5.74) is 7.48. The van der Waals surface area contributed by atoms with Crippen LogP contribution in [0.15, 0.2) is 30.5 Å². The number of rotatable bonds is 8. The normalized spacial score (nSPS) is 15.1. The van der Waals surface area contributed by atoms with Crippen LogP contribution in [0.2, 0.25) is 0 Å². The molecule has 1 saturated heterocycles. The lowest BCUT2D eigenvalue weighted by molar-refractivity contribution is 0.0527. The Labute approximate surface area is 176 Å². The quantitative estimate of drug-likeness (QED) is 0.490. The Bertz CT molecular complexity index is 856. The van der Waals surface area contributed by atoms with Crippen molar-refractivity contribution in [2.24, 2.45) is 0 Å². The molecule has 1 fully saturated rings. The predicted molar refractivity (Wildman–Crippen MR) is 115 cm³/mol. The first kappa shape index (κ1) is 21.8. The largest absolute Gasteiger partial charge is 0.462 e. The Hall–Kier alpha value is -2.91. The van der Waals surface area contributed by atoms with Gasteiger partial charge in [-0.25, -0.2) is 9.48 Å². The van der Waals surface area contributed by atoms with Gasteiger partial charge in [0, 0.05) is 38.3 Å². The zero-order chi connectivity index (χ0) is 21.5. The van der Waals surface area contributed by atoms with E-state index >= 15 is 0 Å². The van der Waals surface area contributed by atoms with E-state index in [9.17, 15) is 9.59 Å². The van der Waals surface area contributed by atoms with Gasteiger partial charge in [-0.2, -0.15) is 5.10 Å². The van der Waals surface area contributed by atoms with E-state index in [1.54, 1.807) is 31.2 Å². The maximum atomic E-state index is 12.4. The molecule has 9 nitrogen and oxygen atoms in total. The number of benzene rings is 1. The average Bonchev–Trinajstić information content (AvgIpc) is 3.14. The Morgan fingerprint density at radius 2 is 1.87 bits per heavy atom. The molecular formula is C21H30N6O3.